The van der Waals surface area contributed by atoms with Crippen LogP contribution in [-0.4, -0.2) is 49.8 Å². The molecule has 17 heavy (non-hydrogen) atoms. The van der Waals surface area contributed by atoms with Crippen LogP contribution >= 0.6 is 0 Å². The van der Waals surface area contributed by atoms with Crippen molar-refractivity contribution in [3.05, 3.63) is 0 Å². The fourth-order valence-corrected chi connectivity index (χ4v) is 3.81. The summed E-state index contributed by atoms with van der Waals surface area (Å²) < 4.78 is 5.78. The first-order valence-electron chi connectivity index (χ1n) is 7.17. The molecule has 1 aliphatic carbocycles. The standard InChI is InChI=1S/C14H26N2O/c1-13(2)11-16(7-8-17-13)10-12-9-14(12)3-5-15-6-4-14/h12,15H,3-11H2,1-2H3. The number of nitrogens with zero attached hydrogens (tertiary/aromatic N) is 1. The van der Waals surface area contributed by atoms with E-state index in [-0.39, 0.29) is 5.60 Å². The Labute approximate surface area is 105 Å². The summed E-state index contributed by atoms with van der Waals surface area (Å²) in [7, 11) is 0. The molecule has 1 saturated carbocycles. The highest BCUT2D eigenvalue weighted by Gasteiger charge is 2.54. The molecule has 2 aliphatic heterocycles. The molecule has 0 radical (unpaired) electrons. The van der Waals surface area contributed by atoms with Crippen molar-refractivity contribution in [1.82, 2.24) is 10.2 Å². The van der Waals surface area contributed by atoms with Crippen LogP contribution in [0.15, 0.2) is 0 Å². The molecule has 3 rings (SSSR count). The molecule has 1 spiro atoms. The van der Waals surface area contributed by atoms with Gasteiger partial charge in [0.2, 0.25) is 0 Å². The van der Waals surface area contributed by atoms with Gasteiger partial charge >= 0.3 is 0 Å². The molecule has 3 heteroatoms. The van der Waals surface area contributed by atoms with Crippen molar-refractivity contribution in [3.63, 3.8) is 0 Å². The normalized spacial score (nSPS) is 36.0. The second-order valence-corrected chi connectivity index (χ2v) is 6.86. The zero-order valence-corrected chi connectivity index (χ0v) is 11.3. The molecule has 3 nitrogen and oxygen atoms in total. The van der Waals surface area contributed by atoms with Crippen LogP contribution in [0.5, 0.6) is 0 Å². The molecular formula is C14H26N2O. The van der Waals surface area contributed by atoms with E-state index in [2.05, 4.69) is 24.1 Å². The Morgan fingerprint density at radius 2 is 2.06 bits per heavy atom. The van der Waals surface area contributed by atoms with Gasteiger partial charge in [0.15, 0.2) is 0 Å². The number of piperidine rings is 1. The molecule has 0 aromatic carbocycles. The SMILES string of the molecule is CC1(C)CN(CC2CC23CCNCC3)CCO1. The summed E-state index contributed by atoms with van der Waals surface area (Å²) in [5.41, 5.74) is 0.794. The van der Waals surface area contributed by atoms with E-state index in [1.54, 1.807) is 0 Å². The minimum atomic E-state index is 0.0639. The summed E-state index contributed by atoms with van der Waals surface area (Å²) in [6.45, 7) is 11.4. The molecule has 0 aromatic heterocycles. The molecule has 1 unspecified atom stereocenters. The first-order valence-corrected chi connectivity index (χ1v) is 7.17. The molecule has 98 valence electrons. The van der Waals surface area contributed by atoms with Crippen LogP contribution in [0.1, 0.15) is 33.1 Å². The summed E-state index contributed by atoms with van der Waals surface area (Å²) in [6.07, 6.45) is 4.29. The zero-order valence-electron chi connectivity index (χ0n) is 11.3. The molecule has 1 N–H and O–H groups in total. The molecule has 2 heterocycles. The zero-order chi connectivity index (χ0) is 11.9. The summed E-state index contributed by atoms with van der Waals surface area (Å²) >= 11 is 0. The molecule has 1 atom stereocenters. The van der Waals surface area contributed by atoms with Crippen LogP contribution in [0.3, 0.4) is 0 Å². The number of hydrogen-bond donors (Lipinski definition) is 1. The van der Waals surface area contributed by atoms with Crippen molar-refractivity contribution >= 4 is 0 Å². The van der Waals surface area contributed by atoms with E-state index in [1.165, 1.54) is 38.9 Å². The number of nitrogens with one attached hydrogen (secondary N) is 1. The Morgan fingerprint density at radius 1 is 1.29 bits per heavy atom. The average Bonchev–Trinajstić information content (AvgIpc) is 2.90. The molecule has 2 saturated heterocycles. The van der Waals surface area contributed by atoms with Crippen molar-refractivity contribution in [2.75, 3.05) is 39.3 Å². The molecule has 3 fully saturated rings. The lowest BCUT2D eigenvalue weighted by atomic mass is 9.91. The third kappa shape index (κ3) is 2.51. The fraction of sp³-hybridized carbons (Fsp3) is 1.00. The van der Waals surface area contributed by atoms with E-state index in [0.717, 1.165) is 31.0 Å². The number of rotatable bonds is 2. The van der Waals surface area contributed by atoms with Gasteiger partial charge in [-0.25, -0.2) is 0 Å². The Bertz CT molecular complexity index is 284. The van der Waals surface area contributed by atoms with Gasteiger partial charge in [-0.2, -0.15) is 0 Å². The van der Waals surface area contributed by atoms with Gasteiger partial charge in [-0.05, 0) is 57.5 Å². The predicted molar refractivity (Wildman–Crippen MR) is 69.1 cm³/mol. The number of morpholine rings is 1. The summed E-state index contributed by atoms with van der Waals surface area (Å²) in [5, 5.41) is 3.48. The second kappa shape index (κ2) is 4.22. The quantitative estimate of drug-likeness (QED) is 0.789. The topological polar surface area (TPSA) is 24.5 Å². The Hall–Kier alpha value is -0.120. The average molecular weight is 238 g/mol. The van der Waals surface area contributed by atoms with Crippen LogP contribution < -0.4 is 5.32 Å². The van der Waals surface area contributed by atoms with Crippen molar-refractivity contribution in [2.45, 2.75) is 38.7 Å². The van der Waals surface area contributed by atoms with E-state index in [0.29, 0.717) is 0 Å². The molecule has 0 amide bonds. The molecule has 0 bridgehead atoms. The summed E-state index contributed by atoms with van der Waals surface area (Å²) in [4.78, 5) is 2.63. The molecular weight excluding hydrogens is 212 g/mol. The predicted octanol–water partition coefficient (Wildman–Crippen LogP) is 1.49. The maximum atomic E-state index is 5.78. The van der Waals surface area contributed by atoms with Crippen molar-refractivity contribution < 1.29 is 4.74 Å². The third-order valence-electron chi connectivity index (χ3n) is 4.94. The third-order valence-corrected chi connectivity index (χ3v) is 4.94. The van der Waals surface area contributed by atoms with Gasteiger partial charge in [0, 0.05) is 19.6 Å². The van der Waals surface area contributed by atoms with Gasteiger partial charge in [-0.1, -0.05) is 0 Å². The number of ether oxygens (including phenoxy) is 1. The van der Waals surface area contributed by atoms with Gasteiger partial charge in [-0.3, -0.25) is 4.90 Å². The lowest BCUT2D eigenvalue weighted by Gasteiger charge is -2.38. The Morgan fingerprint density at radius 3 is 2.76 bits per heavy atom. The fourth-order valence-electron chi connectivity index (χ4n) is 3.81. The first kappa shape index (κ1) is 11.9. The maximum absolute atomic E-state index is 5.78. The lowest BCUT2D eigenvalue weighted by Crippen LogP contribution is -2.49. The van der Waals surface area contributed by atoms with E-state index in [1.807, 2.05) is 0 Å². The first-order chi connectivity index (χ1) is 8.10. The van der Waals surface area contributed by atoms with Crippen LogP contribution in [0.2, 0.25) is 0 Å². The van der Waals surface area contributed by atoms with Gasteiger partial charge in [-0.15, -0.1) is 0 Å². The van der Waals surface area contributed by atoms with Gasteiger partial charge in [0.25, 0.3) is 0 Å². The monoisotopic (exact) mass is 238 g/mol. The smallest absolute Gasteiger partial charge is 0.0753 e. The Balaban J connectivity index is 1.51. The minimum Gasteiger partial charge on any atom is -0.373 e. The van der Waals surface area contributed by atoms with E-state index < -0.39 is 0 Å². The second-order valence-electron chi connectivity index (χ2n) is 6.86. The summed E-state index contributed by atoms with van der Waals surface area (Å²) in [6, 6.07) is 0. The van der Waals surface area contributed by atoms with Gasteiger partial charge < -0.3 is 10.1 Å². The molecule has 0 aromatic rings. The van der Waals surface area contributed by atoms with Gasteiger partial charge in [0.1, 0.15) is 0 Å². The Kier molecular flexibility index (Phi) is 2.96. The van der Waals surface area contributed by atoms with Crippen LogP contribution in [0.25, 0.3) is 0 Å². The van der Waals surface area contributed by atoms with E-state index in [9.17, 15) is 0 Å². The highest BCUT2D eigenvalue weighted by molar-refractivity contribution is 5.05. The highest BCUT2D eigenvalue weighted by atomic mass is 16.5. The van der Waals surface area contributed by atoms with E-state index in [4.69, 9.17) is 4.74 Å². The number of hydrogen-bond acceptors (Lipinski definition) is 3. The summed E-state index contributed by atoms with van der Waals surface area (Å²) in [5.74, 6) is 0.971. The highest BCUT2D eigenvalue weighted by Crippen LogP contribution is 2.58. The lowest BCUT2D eigenvalue weighted by molar-refractivity contribution is -0.0876. The largest absolute Gasteiger partial charge is 0.373 e. The molecule has 3 aliphatic rings. The van der Waals surface area contributed by atoms with Crippen molar-refractivity contribution in [3.8, 4) is 0 Å². The van der Waals surface area contributed by atoms with Gasteiger partial charge in [0.05, 0.1) is 12.2 Å². The van der Waals surface area contributed by atoms with Crippen LogP contribution in [-0.2, 0) is 4.74 Å². The minimum absolute atomic E-state index is 0.0639. The van der Waals surface area contributed by atoms with E-state index >= 15 is 0 Å². The van der Waals surface area contributed by atoms with Crippen molar-refractivity contribution in [1.29, 1.82) is 0 Å². The van der Waals surface area contributed by atoms with Crippen molar-refractivity contribution in [2.24, 2.45) is 11.3 Å². The van der Waals surface area contributed by atoms with Crippen LogP contribution in [0, 0.1) is 11.3 Å². The maximum Gasteiger partial charge on any atom is 0.0753 e. The van der Waals surface area contributed by atoms with Crippen LogP contribution in [0.4, 0.5) is 0 Å².